The molecule has 0 aliphatic heterocycles. The molecule has 0 spiro atoms. The van der Waals surface area contributed by atoms with Gasteiger partial charge in [-0.3, -0.25) is 0 Å². The molecule has 6 heteroatoms. The van der Waals surface area contributed by atoms with Gasteiger partial charge in [-0.15, -0.1) is 0 Å². The van der Waals surface area contributed by atoms with Crippen molar-refractivity contribution >= 4 is 9.84 Å². The van der Waals surface area contributed by atoms with Gasteiger partial charge in [0.15, 0.2) is 9.84 Å². The number of nitrogens with two attached hydrogens (primary N) is 1. The lowest BCUT2D eigenvalue weighted by molar-refractivity contribution is 0.166. The molecular formula is C13H20N2O3S. The summed E-state index contributed by atoms with van der Waals surface area (Å²) in [7, 11) is -3.33. The van der Waals surface area contributed by atoms with Crippen molar-refractivity contribution in [2.24, 2.45) is 5.73 Å². The van der Waals surface area contributed by atoms with Gasteiger partial charge >= 0.3 is 0 Å². The maximum Gasteiger partial charge on any atom is 0.232 e. The minimum atomic E-state index is -3.33. The molecule has 5 nitrogen and oxygen atoms in total. The highest BCUT2D eigenvalue weighted by molar-refractivity contribution is 7.90. The molecule has 1 aliphatic rings. The zero-order chi connectivity index (χ0) is 13.9. The highest BCUT2D eigenvalue weighted by Gasteiger charge is 2.29. The second-order valence-corrected chi connectivity index (χ2v) is 7.27. The second kappa shape index (κ2) is 5.46. The molecule has 0 saturated heterocycles. The molecule has 0 amide bonds. The van der Waals surface area contributed by atoms with Gasteiger partial charge in [0.05, 0.1) is 5.54 Å². The van der Waals surface area contributed by atoms with E-state index in [4.69, 9.17) is 10.5 Å². The number of rotatable bonds is 4. The van der Waals surface area contributed by atoms with Crippen LogP contribution in [-0.4, -0.2) is 31.8 Å². The maximum atomic E-state index is 11.6. The fourth-order valence-electron chi connectivity index (χ4n) is 2.38. The van der Waals surface area contributed by atoms with Gasteiger partial charge in [-0.1, -0.05) is 19.3 Å². The van der Waals surface area contributed by atoms with Crippen molar-refractivity contribution < 1.29 is 13.2 Å². The first-order chi connectivity index (χ1) is 8.91. The van der Waals surface area contributed by atoms with Crippen molar-refractivity contribution in [1.82, 2.24) is 4.98 Å². The lowest BCUT2D eigenvalue weighted by Crippen LogP contribution is -2.47. The molecule has 0 atom stereocenters. The Labute approximate surface area is 114 Å². The van der Waals surface area contributed by atoms with E-state index in [0.29, 0.717) is 6.61 Å². The van der Waals surface area contributed by atoms with Crippen molar-refractivity contribution in [1.29, 1.82) is 0 Å². The summed E-state index contributed by atoms with van der Waals surface area (Å²) in [6.45, 7) is 0.312. The first-order valence-electron chi connectivity index (χ1n) is 6.47. The molecular weight excluding hydrogens is 264 g/mol. The van der Waals surface area contributed by atoms with E-state index in [9.17, 15) is 8.42 Å². The predicted octanol–water partition coefficient (Wildman–Crippen LogP) is 1.53. The van der Waals surface area contributed by atoms with Gasteiger partial charge in [0, 0.05) is 12.5 Å². The van der Waals surface area contributed by atoms with E-state index in [1.807, 2.05) is 0 Å². The van der Waals surface area contributed by atoms with Gasteiger partial charge in [0.2, 0.25) is 5.88 Å². The predicted molar refractivity (Wildman–Crippen MR) is 72.8 cm³/mol. The minimum absolute atomic E-state index is 0.120. The molecule has 1 aromatic rings. The van der Waals surface area contributed by atoms with Crippen molar-refractivity contribution in [2.45, 2.75) is 42.5 Å². The van der Waals surface area contributed by atoms with Crippen molar-refractivity contribution in [3.63, 3.8) is 0 Å². The molecule has 0 unspecified atom stereocenters. The lowest BCUT2D eigenvalue weighted by Gasteiger charge is -2.32. The third-order valence-corrected chi connectivity index (χ3v) is 4.59. The molecule has 0 aromatic carbocycles. The van der Waals surface area contributed by atoms with Gasteiger partial charge in [0.25, 0.3) is 0 Å². The topological polar surface area (TPSA) is 82.3 Å². The summed E-state index contributed by atoms with van der Waals surface area (Å²) in [5.41, 5.74) is 5.91. The van der Waals surface area contributed by atoms with Gasteiger partial charge in [-0.05, 0) is 25.0 Å². The Balaban J connectivity index is 2.12. The summed E-state index contributed by atoms with van der Waals surface area (Å²) in [5, 5.41) is 0. The molecule has 0 radical (unpaired) electrons. The summed E-state index contributed by atoms with van der Waals surface area (Å²) in [5.74, 6) is 0.153. The average Bonchev–Trinajstić information content (AvgIpc) is 2.37. The maximum absolute atomic E-state index is 11.6. The van der Waals surface area contributed by atoms with E-state index >= 15 is 0 Å². The van der Waals surface area contributed by atoms with Crippen LogP contribution in [0.15, 0.2) is 23.2 Å². The van der Waals surface area contributed by atoms with Crippen LogP contribution in [0.25, 0.3) is 0 Å². The summed E-state index contributed by atoms with van der Waals surface area (Å²) in [4.78, 5) is 4.12. The Kier molecular flexibility index (Phi) is 4.10. The fourth-order valence-corrected chi connectivity index (χ4v) is 3.13. The van der Waals surface area contributed by atoms with Crippen LogP contribution in [0.3, 0.4) is 0 Å². The standard InChI is InChI=1S/C13H20N2O3S/c1-19(16,17)11-6-5-9-15-12(11)18-10-13(14)7-3-2-4-8-13/h5-6,9H,2-4,7-8,10,14H2,1H3. The highest BCUT2D eigenvalue weighted by Crippen LogP contribution is 2.28. The van der Waals surface area contributed by atoms with Gasteiger partial charge in [-0.2, -0.15) is 0 Å². The van der Waals surface area contributed by atoms with Crippen LogP contribution < -0.4 is 10.5 Å². The minimum Gasteiger partial charge on any atom is -0.475 e. The molecule has 1 aliphatic carbocycles. The largest absolute Gasteiger partial charge is 0.475 e. The first-order valence-corrected chi connectivity index (χ1v) is 8.37. The SMILES string of the molecule is CS(=O)(=O)c1cccnc1OCC1(N)CCCCC1. The number of hydrogen-bond acceptors (Lipinski definition) is 5. The fraction of sp³-hybridized carbons (Fsp3) is 0.615. The van der Waals surface area contributed by atoms with E-state index in [0.717, 1.165) is 31.9 Å². The number of hydrogen-bond donors (Lipinski definition) is 1. The molecule has 0 bridgehead atoms. The number of pyridine rings is 1. The number of nitrogens with zero attached hydrogens (tertiary/aromatic N) is 1. The Morgan fingerprint density at radius 3 is 2.68 bits per heavy atom. The van der Waals surface area contributed by atoms with Crippen LogP contribution >= 0.6 is 0 Å². The quantitative estimate of drug-likeness (QED) is 0.906. The average molecular weight is 284 g/mol. The van der Waals surface area contributed by atoms with Crippen LogP contribution in [0, 0.1) is 0 Å². The normalized spacial score (nSPS) is 19.1. The Hall–Kier alpha value is -1.14. The highest BCUT2D eigenvalue weighted by atomic mass is 32.2. The Morgan fingerprint density at radius 1 is 1.37 bits per heavy atom. The van der Waals surface area contributed by atoms with Crippen LogP contribution in [0.5, 0.6) is 5.88 Å². The summed E-state index contributed by atoms with van der Waals surface area (Å²) in [6.07, 6.45) is 7.89. The van der Waals surface area contributed by atoms with Gasteiger partial charge < -0.3 is 10.5 Å². The zero-order valence-corrected chi connectivity index (χ0v) is 11.9. The smallest absolute Gasteiger partial charge is 0.232 e. The van der Waals surface area contributed by atoms with E-state index in [2.05, 4.69) is 4.98 Å². The molecule has 1 heterocycles. The zero-order valence-electron chi connectivity index (χ0n) is 11.1. The Morgan fingerprint density at radius 2 is 2.05 bits per heavy atom. The van der Waals surface area contributed by atoms with Crippen molar-refractivity contribution in [3.8, 4) is 5.88 Å². The molecule has 106 valence electrons. The third-order valence-electron chi connectivity index (χ3n) is 3.48. The van der Waals surface area contributed by atoms with E-state index < -0.39 is 9.84 Å². The number of sulfone groups is 1. The molecule has 1 aromatic heterocycles. The van der Waals surface area contributed by atoms with Crippen LogP contribution in [-0.2, 0) is 9.84 Å². The van der Waals surface area contributed by atoms with Gasteiger partial charge in [0.1, 0.15) is 11.5 Å². The van der Waals surface area contributed by atoms with Gasteiger partial charge in [-0.25, -0.2) is 13.4 Å². The third kappa shape index (κ3) is 3.67. The molecule has 2 rings (SSSR count). The first kappa shape index (κ1) is 14.3. The number of ether oxygens (including phenoxy) is 1. The van der Waals surface area contributed by atoms with E-state index in [1.165, 1.54) is 18.7 Å². The Bertz CT molecular complexity index is 537. The summed E-state index contributed by atoms with van der Waals surface area (Å²) >= 11 is 0. The van der Waals surface area contributed by atoms with Crippen molar-refractivity contribution in [3.05, 3.63) is 18.3 Å². The summed E-state index contributed by atoms with van der Waals surface area (Å²) < 4.78 is 28.9. The second-order valence-electron chi connectivity index (χ2n) is 5.29. The molecule has 19 heavy (non-hydrogen) atoms. The summed E-state index contributed by atoms with van der Waals surface area (Å²) in [6, 6.07) is 3.09. The van der Waals surface area contributed by atoms with Crippen LogP contribution in [0.4, 0.5) is 0 Å². The van der Waals surface area contributed by atoms with E-state index in [1.54, 1.807) is 6.07 Å². The lowest BCUT2D eigenvalue weighted by atomic mass is 9.83. The van der Waals surface area contributed by atoms with Crippen molar-refractivity contribution in [2.75, 3.05) is 12.9 Å². The molecule has 1 saturated carbocycles. The van der Waals surface area contributed by atoms with Crippen LogP contribution in [0.2, 0.25) is 0 Å². The number of aromatic nitrogens is 1. The molecule has 2 N–H and O–H groups in total. The van der Waals surface area contributed by atoms with E-state index in [-0.39, 0.29) is 16.3 Å². The van der Waals surface area contributed by atoms with Crippen LogP contribution in [0.1, 0.15) is 32.1 Å². The molecule has 1 fully saturated rings. The monoisotopic (exact) mass is 284 g/mol.